The number of likely N-dealkylation sites (N-methyl/N-ethyl adjacent to an activating group) is 1. The lowest BCUT2D eigenvalue weighted by atomic mass is 9.85. The molecule has 2 aliphatic rings. The number of hydrogen-bond acceptors (Lipinski definition) is 4. The minimum Gasteiger partial charge on any atom is -0.342 e. The molecule has 0 bridgehead atoms. The van der Waals surface area contributed by atoms with E-state index in [4.69, 9.17) is 0 Å². The monoisotopic (exact) mass is 389 g/mol. The second-order valence-electron chi connectivity index (χ2n) is 8.12. The third-order valence-electron chi connectivity index (χ3n) is 5.77. The zero-order valence-corrected chi connectivity index (χ0v) is 17.1. The molecule has 2 saturated heterocycles. The van der Waals surface area contributed by atoms with E-state index in [9.17, 15) is 14.4 Å². The van der Waals surface area contributed by atoms with Gasteiger partial charge in [0, 0.05) is 51.5 Å². The fourth-order valence-electron chi connectivity index (χ4n) is 4.27. The van der Waals surface area contributed by atoms with Crippen LogP contribution < -0.4 is 0 Å². The molecule has 2 aliphatic heterocycles. The second-order valence-corrected chi connectivity index (χ2v) is 8.12. The van der Waals surface area contributed by atoms with Crippen LogP contribution in [0.5, 0.6) is 0 Å². The van der Waals surface area contributed by atoms with Crippen LogP contribution in [-0.4, -0.2) is 74.0 Å². The highest BCUT2D eigenvalue weighted by atomic mass is 16.2. The summed E-state index contributed by atoms with van der Waals surface area (Å²) < 4.78 is 1.82. The maximum absolute atomic E-state index is 13.0. The van der Waals surface area contributed by atoms with Crippen LogP contribution in [0.15, 0.2) is 18.5 Å². The normalized spacial score (nSPS) is 19.4. The van der Waals surface area contributed by atoms with Crippen molar-refractivity contribution in [1.29, 1.82) is 0 Å². The molecule has 8 heteroatoms. The summed E-state index contributed by atoms with van der Waals surface area (Å²) in [7, 11) is 0. The molecular formula is C20H31N5O3. The van der Waals surface area contributed by atoms with Crippen molar-refractivity contribution in [3.05, 3.63) is 18.5 Å². The van der Waals surface area contributed by atoms with Crippen molar-refractivity contribution in [3.63, 3.8) is 0 Å². The van der Waals surface area contributed by atoms with Crippen LogP contribution in [0.2, 0.25) is 0 Å². The van der Waals surface area contributed by atoms with E-state index in [1.54, 1.807) is 11.1 Å². The number of nitrogens with zero attached hydrogens (tertiary/aromatic N) is 5. The number of rotatable bonds is 7. The van der Waals surface area contributed by atoms with Crippen LogP contribution in [0.25, 0.3) is 0 Å². The smallest absolute Gasteiger partial charge is 0.327 e. The molecule has 154 valence electrons. The number of aryl methyl sites for hydroxylation is 1. The number of urea groups is 1. The number of aromatic nitrogens is 2. The Morgan fingerprint density at radius 2 is 1.96 bits per heavy atom. The summed E-state index contributed by atoms with van der Waals surface area (Å²) in [6, 6.07) is 1.69. The summed E-state index contributed by atoms with van der Waals surface area (Å²) in [5.74, 6) is 0.306. The quantitative estimate of drug-likeness (QED) is 0.668. The topological polar surface area (TPSA) is 78.8 Å². The average Bonchev–Trinajstić information content (AvgIpc) is 3.25. The van der Waals surface area contributed by atoms with E-state index in [1.807, 2.05) is 28.8 Å². The molecule has 4 amide bonds. The summed E-state index contributed by atoms with van der Waals surface area (Å²) in [5.41, 5.74) is -0.775. The van der Waals surface area contributed by atoms with Gasteiger partial charge in [0.1, 0.15) is 5.54 Å². The van der Waals surface area contributed by atoms with Crippen LogP contribution >= 0.6 is 0 Å². The van der Waals surface area contributed by atoms with Crippen LogP contribution in [0, 0.1) is 5.92 Å². The molecule has 8 nitrogen and oxygen atoms in total. The molecule has 0 atom stereocenters. The molecule has 0 aromatic carbocycles. The van der Waals surface area contributed by atoms with Crippen molar-refractivity contribution < 1.29 is 14.4 Å². The zero-order valence-electron chi connectivity index (χ0n) is 17.1. The number of carbonyl (C=O) groups excluding carboxylic acids is 3. The Morgan fingerprint density at radius 1 is 1.25 bits per heavy atom. The van der Waals surface area contributed by atoms with Gasteiger partial charge in [0.15, 0.2) is 0 Å². The van der Waals surface area contributed by atoms with Gasteiger partial charge in [-0.2, -0.15) is 5.10 Å². The third-order valence-corrected chi connectivity index (χ3v) is 5.77. The Labute approximate surface area is 166 Å². The summed E-state index contributed by atoms with van der Waals surface area (Å²) in [6.07, 6.45) is 5.87. The molecule has 1 aromatic rings. The highest BCUT2D eigenvalue weighted by molar-refractivity contribution is 6.07. The highest BCUT2D eigenvalue weighted by Crippen LogP contribution is 2.37. The SMILES string of the molecule is CCN1C(=O)N(CC(C)C)C2(CCN(C(=O)CCCn3cccn3)CC2)C1=O. The van der Waals surface area contributed by atoms with Gasteiger partial charge in [-0.3, -0.25) is 19.2 Å². The standard InChI is InChI=1S/C20H31N5O3/c1-4-24-18(27)20(25(19(24)28)15-16(2)3)8-13-22(14-9-20)17(26)7-5-11-23-12-6-10-21-23/h6,10,12,16H,4-5,7-9,11,13-15H2,1-3H3. The fraction of sp³-hybridized carbons (Fsp3) is 0.700. The van der Waals surface area contributed by atoms with E-state index in [2.05, 4.69) is 18.9 Å². The Morgan fingerprint density at radius 3 is 2.54 bits per heavy atom. The molecule has 0 radical (unpaired) electrons. The van der Waals surface area contributed by atoms with Crippen LogP contribution in [0.1, 0.15) is 46.5 Å². The summed E-state index contributed by atoms with van der Waals surface area (Å²) in [6.45, 7) is 8.66. The molecule has 0 aliphatic carbocycles. The second kappa shape index (κ2) is 8.32. The Kier molecular flexibility index (Phi) is 6.05. The van der Waals surface area contributed by atoms with Gasteiger partial charge >= 0.3 is 6.03 Å². The molecule has 0 unspecified atom stereocenters. The number of hydrogen-bond donors (Lipinski definition) is 0. The predicted molar refractivity (Wildman–Crippen MR) is 104 cm³/mol. The maximum Gasteiger partial charge on any atom is 0.327 e. The molecule has 0 saturated carbocycles. The Hall–Kier alpha value is -2.38. The van der Waals surface area contributed by atoms with E-state index >= 15 is 0 Å². The molecule has 1 aromatic heterocycles. The lowest BCUT2D eigenvalue weighted by Gasteiger charge is -2.42. The summed E-state index contributed by atoms with van der Waals surface area (Å²) in [5, 5.41) is 4.15. The van der Waals surface area contributed by atoms with Gasteiger partial charge in [0.05, 0.1) is 0 Å². The van der Waals surface area contributed by atoms with Crippen LogP contribution in [-0.2, 0) is 16.1 Å². The van der Waals surface area contributed by atoms with Gasteiger partial charge in [-0.15, -0.1) is 0 Å². The van der Waals surface area contributed by atoms with Crippen LogP contribution in [0.4, 0.5) is 4.79 Å². The van der Waals surface area contributed by atoms with Gasteiger partial charge in [0.2, 0.25) is 5.91 Å². The molecule has 2 fully saturated rings. The number of imide groups is 1. The first-order valence-electron chi connectivity index (χ1n) is 10.3. The Bertz CT molecular complexity index is 707. The number of likely N-dealkylation sites (tertiary alicyclic amines) is 1. The van der Waals surface area contributed by atoms with E-state index in [0.717, 1.165) is 13.0 Å². The first kappa shape index (κ1) is 20.4. The predicted octanol–water partition coefficient (Wildman–Crippen LogP) is 1.96. The highest BCUT2D eigenvalue weighted by Gasteiger charge is 2.57. The van der Waals surface area contributed by atoms with E-state index in [1.165, 1.54) is 4.90 Å². The first-order valence-corrected chi connectivity index (χ1v) is 10.3. The number of amides is 4. The molecular weight excluding hydrogens is 358 g/mol. The molecule has 1 spiro atoms. The van der Waals surface area contributed by atoms with E-state index in [0.29, 0.717) is 45.4 Å². The molecule has 28 heavy (non-hydrogen) atoms. The van der Waals surface area contributed by atoms with Crippen molar-refractivity contribution in [3.8, 4) is 0 Å². The fourth-order valence-corrected chi connectivity index (χ4v) is 4.27. The van der Waals surface area contributed by atoms with Crippen molar-refractivity contribution in [2.45, 2.75) is 58.5 Å². The van der Waals surface area contributed by atoms with Crippen molar-refractivity contribution in [2.75, 3.05) is 26.2 Å². The van der Waals surface area contributed by atoms with Crippen molar-refractivity contribution in [1.82, 2.24) is 24.5 Å². The van der Waals surface area contributed by atoms with Gasteiger partial charge in [-0.25, -0.2) is 4.79 Å². The summed E-state index contributed by atoms with van der Waals surface area (Å²) >= 11 is 0. The first-order chi connectivity index (χ1) is 13.4. The van der Waals surface area contributed by atoms with Crippen LogP contribution in [0.3, 0.4) is 0 Å². The van der Waals surface area contributed by atoms with Crippen molar-refractivity contribution in [2.24, 2.45) is 5.92 Å². The molecule has 3 rings (SSSR count). The van der Waals surface area contributed by atoms with E-state index in [-0.39, 0.29) is 23.8 Å². The minimum absolute atomic E-state index is 0.0913. The molecule has 0 N–H and O–H groups in total. The largest absolute Gasteiger partial charge is 0.342 e. The Balaban J connectivity index is 1.60. The van der Waals surface area contributed by atoms with Gasteiger partial charge in [-0.05, 0) is 38.2 Å². The van der Waals surface area contributed by atoms with E-state index < -0.39 is 5.54 Å². The van der Waals surface area contributed by atoms with Gasteiger partial charge < -0.3 is 9.80 Å². The zero-order chi connectivity index (χ0) is 20.3. The lowest BCUT2D eigenvalue weighted by molar-refractivity contribution is -0.141. The minimum atomic E-state index is -0.775. The van der Waals surface area contributed by atoms with Gasteiger partial charge in [0.25, 0.3) is 5.91 Å². The van der Waals surface area contributed by atoms with Crippen molar-refractivity contribution >= 4 is 17.8 Å². The number of carbonyl (C=O) groups is 3. The van der Waals surface area contributed by atoms with Gasteiger partial charge in [-0.1, -0.05) is 13.8 Å². The average molecular weight is 390 g/mol. The lowest BCUT2D eigenvalue weighted by Crippen LogP contribution is -2.58. The maximum atomic E-state index is 13.0. The molecule has 3 heterocycles. The summed E-state index contributed by atoms with van der Waals surface area (Å²) in [4.78, 5) is 43.4. The number of piperidine rings is 1. The third kappa shape index (κ3) is 3.77.